The minimum absolute atomic E-state index is 0.0399. The van der Waals surface area contributed by atoms with Gasteiger partial charge in [0.15, 0.2) is 0 Å². The van der Waals surface area contributed by atoms with E-state index in [0.29, 0.717) is 0 Å². The maximum atomic E-state index is 12.1. The molecule has 2 heterocycles. The van der Waals surface area contributed by atoms with Crippen molar-refractivity contribution in [3.63, 3.8) is 0 Å². The molecular weight excluding hydrogens is 288 g/mol. The number of carbonyl (C=O) groups excluding carboxylic acids is 1. The van der Waals surface area contributed by atoms with Crippen molar-refractivity contribution in [2.75, 3.05) is 0 Å². The summed E-state index contributed by atoms with van der Waals surface area (Å²) in [6.07, 6.45) is 0. The van der Waals surface area contributed by atoms with Gasteiger partial charge in [-0.05, 0) is 43.7 Å². The molecular formula is C15H20N2OS2. The lowest BCUT2D eigenvalue weighted by atomic mass is 10.1. The molecule has 2 aromatic heterocycles. The van der Waals surface area contributed by atoms with Crippen LogP contribution in [0.2, 0.25) is 0 Å². The van der Waals surface area contributed by atoms with Crippen molar-refractivity contribution in [3.05, 3.63) is 44.8 Å². The second-order valence-corrected chi connectivity index (χ2v) is 6.97. The summed E-state index contributed by atoms with van der Waals surface area (Å²) in [5, 5.41) is 10.5. The molecule has 3 nitrogen and oxygen atoms in total. The Bertz CT molecular complexity index is 486. The molecule has 2 N–H and O–H groups in total. The predicted octanol–water partition coefficient (Wildman–Crippen LogP) is 3.40. The maximum absolute atomic E-state index is 12.1. The number of carbonyl (C=O) groups is 1. The van der Waals surface area contributed by atoms with E-state index >= 15 is 0 Å². The zero-order valence-corrected chi connectivity index (χ0v) is 13.6. The first-order valence-corrected chi connectivity index (χ1v) is 8.47. The van der Waals surface area contributed by atoms with E-state index in [2.05, 4.69) is 33.5 Å². The summed E-state index contributed by atoms with van der Waals surface area (Å²) in [6, 6.07) is 8.31. The first-order chi connectivity index (χ1) is 9.58. The van der Waals surface area contributed by atoms with Gasteiger partial charge in [-0.3, -0.25) is 10.1 Å². The summed E-state index contributed by atoms with van der Waals surface area (Å²) < 4.78 is 0. The lowest BCUT2D eigenvalue weighted by Gasteiger charge is -2.22. The molecule has 2 aromatic rings. The largest absolute Gasteiger partial charge is 0.353 e. The van der Waals surface area contributed by atoms with Gasteiger partial charge >= 0.3 is 0 Å². The van der Waals surface area contributed by atoms with Crippen LogP contribution in [0, 0.1) is 0 Å². The van der Waals surface area contributed by atoms with Crippen molar-refractivity contribution < 1.29 is 4.79 Å². The summed E-state index contributed by atoms with van der Waals surface area (Å²) >= 11 is 3.42. The quantitative estimate of drug-likeness (QED) is 0.859. The Morgan fingerprint density at radius 2 is 1.60 bits per heavy atom. The van der Waals surface area contributed by atoms with E-state index in [9.17, 15) is 4.79 Å². The van der Waals surface area contributed by atoms with Gasteiger partial charge in [-0.15, -0.1) is 22.7 Å². The summed E-state index contributed by atoms with van der Waals surface area (Å²) in [5.41, 5.74) is 0. The molecule has 0 saturated heterocycles. The molecule has 0 aliphatic rings. The van der Waals surface area contributed by atoms with E-state index in [-0.39, 0.29) is 24.0 Å². The molecule has 2 rings (SSSR count). The summed E-state index contributed by atoms with van der Waals surface area (Å²) in [6.45, 7) is 5.85. The van der Waals surface area contributed by atoms with Gasteiger partial charge in [0.1, 0.15) is 0 Å². The standard InChI is InChI=1S/C15H20N2OS2/c1-10(2)16-15(18)11(3)17-14(12-6-4-8-19-12)13-7-5-9-20-13/h4-11,14,17H,1-3H3,(H,16,18). The number of amides is 1. The Morgan fingerprint density at radius 1 is 1.05 bits per heavy atom. The van der Waals surface area contributed by atoms with E-state index in [0.717, 1.165) is 0 Å². The fourth-order valence-corrected chi connectivity index (χ4v) is 3.63. The van der Waals surface area contributed by atoms with Crippen LogP contribution in [-0.4, -0.2) is 18.0 Å². The van der Waals surface area contributed by atoms with Crippen LogP contribution in [-0.2, 0) is 4.79 Å². The van der Waals surface area contributed by atoms with Crippen LogP contribution in [0.25, 0.3) is 0 Å². The molecule has 0 aromatic carbocycles. The maximum Gasteiger partial charge on any atom is 0.237 e. The molecule has 1 unspecified atom stereocenters. The molecule has 0 aliphatic carbocycles. The number of nitrogens with one attached hydrogen (secondary N) is 2. The van der Waals surface area contributed by atoms with Crippen LogP contribution in [0.4, 0.5) is 0 Å². The average molecular weight is 308 g/mol. The van der Waals surface area contributed by atoms with Gasteiger partial charge < -0.3 is 5.32 Å². The zero-order chi connectivity index (χ0) is 14.5. The van der Waals surface area contributed by atoms with Gasteiger partial charge in [-0.1, -0.05) is 12.1 Å². The second-order valence-electron chi connectivity index (χ2n) is 5.02. The summed E-state index contributed by atoms with van der Waals surface area (Å²) in [5.74, 6) is 0.0399. The first kappa shape index (κ1) is 15.2. The fraction of sp³-hybridized carbons (Fsp3) is 0.400. The second kappa shape index (κ2) is 7.02. The van der Waals surface area contributed by atoms with Crippen molar-refractivity contribution in [1.82, 2.24) is 10.6 Å². The SMILES string of the molecule is CC(C)NC(=O)C(C)NC(c1cccs1)c1cccs1. The van der Waals surface area contributed by atoms with Crippen molar-refractivity contribution in [2.24, 2.45) is 0 Å². The van der Waals surface area contributed by atoms with Crippen LogP contribution in [0.5, 0.6) is 0 Å². The van der Waals surface area contributed by atoms with Crippen LogP contribution < -0.4 is 10.6 Å². The van der Waals surface area contributed by atoms with E-state index in [4.69, 9.17) is 0 Å². The Morgan fingerprint density at radius 3 is 2.00 bits per heavy atom. The van der Waals surface area contributed by atoms with Gasteiger partial charge in [-0.2, -0.15) is 0 Å². The topological polar surface area (TPSA) is 41.1 Å². The molecule has 108 valence electrons. The average Bonchev–Trinajstić information content (AvgIpc) is 3.07. The highest BCUT2D eigenvalue weighted by Crippen LogP contribution is 2.29. The van der Waals surface area contributed by atoms with Crippen LogP contribution in [0.1, 0.15) is 36.6 Å². The predicted molar refractivity (Wildman–Crippen MR) is 86.4 cm³/mol. The van der Waals surface area contributed by atoms with Crippen molar-refractivity contribution in [1.29, 1.82) is 0 Å². The van der Waals surface area contributed by atoms with Gasteiger partial charge in [0, 0.05) is 15.8 Å². The normalized spacial score (nSPS) is 12.8. The Balaban J connectivity index is 2.11. The van der Waals surface area contributed by atoms with Gasteiger partial charge in [0.25, 0.3) is 0 Å². The molecule has 1 amide bonds. The summed E-state index contributed by atoms with van der Waals surface area (Å²) in [4.78, 5) is 14.5. The molecule has 0 radical (unpaired) electrons. The van der Waals surface area contributed by atoms with Crippen molar-refractivity contribution in [3.8, 4) is 0 Å². The van der Waals surface area contributed by atoms with E-state index in [1.54, 1.807) is 22.7 Å². The molecule has 5 heteroatoms. The zero-order valence-electron chi connectivity index (χ0n) is 11.9. The fourth-order valence-electron chi connectivity index (χ4n) is 1.95. The lowest BCUT2D eigenvalue weighted by Crippen LogP contribution is -2.45. The third-order valence-electron chi connectivity index (χ3n) is 2.90. The third-order valence-corrected chi connectivity index (χ3v) is 4.77. The minimum Gasteiger partial charge on any atom is -0.353 e. The Kier molecular flexibility index (Phi) is 5.34. The van der Waals surface area contributed by atoms with Crippen molar-refractivity contribution >= 4 is 28.6 Å². The van der Waals surface area contributed by atoms with Crippen LogP contribution >= 0.6 is 22.7 Å². The molecule has 0 spiro atoms. The first-order valence-electron chi connectivity index (χ1n) is 6.71. The Labute approximate surface area is 128 Å². The van der Waals surface area contributed by atoms with Gasteiger partial charge in [0.2, 0.25) is 5.91 Å². The molecule has 20 heavy (non-hydrogen) atoms. The summed E-state index contributed by atoms with van der Waals surface area (Å²) in [7, 11) is 0. The highest BCUT2D eigenvalue weighted by molar-refractivity contribution is 7.11. The van der Waals surface area contributed by atoms with E-state index in [1.165, 1.54) is 9.75 Å². The van der Waals surface area contributed by atoms with E-state index in [1.807, 2.05) is 32.9 Å². The van der Waals surface area contributed by atoms with Crippen LogP contribution in [0.15, 0.2) is 35.0 Å². The minimum atomic E-state index is -0.230. The lowest BCUT2D eigenvalue weighted by molar-refractivity contribution is -0.123. The number of hydrogen-bond acceptors (Lipinski definition) is 4. The third kappa shape index (κ3) is 3.91. The monoisotopic (exact) mass is 308 g/mol. The van der Waals surface area contributed by atoms with Gasteiger partial charge in [-0.25, -0.2) is 0 Å². The number of rotatable bonds is 6. The highest BCUT2D eigenvalue weighted by atomic mass is 32.1. The highest BCUT2D eigenvalue weighted by Gasteiger charge is 2.22. The van der Waals surface area contributed by atoms with Crippen LogP contribution in [0.3, 0.4) is 0 Å². The van der Waals surface area contributed by atoms with Crippen molar-refractivity contribution in [2.45, 2.75) is 38.9 Å². The molecule has 0 aliphatic heterocycles. The molecule has 0 saturated carbocycles. The molecule has 0 fully saturated rings. The van der Waals surface area contributed by atoms with E-state index < -0.39 is 0 Å². The number of hydrogen-bond donors (Lipinski definition) is 2. The smallest absolute Gasteiger partial charge is 0.237 e. The van der Waals surface area contributed by atoms with Gasteiger partial charge in [0.05, 0.1) is 12.1 Å². The Hall–Kier alpha value is -1.17. The molecule has 0 bridgehead atoms. The number of thiophene rings is 2. The molecule has 1 atom stereocenters.